The number of hydrogen-bond acceptors (Lipinski definition) is 4. The third-order valence-corrected chi connectivity index (χ3v) is 3.28. The fraction of sp³-hybridized carbons (Fsp3) is 0.571. The Labute approximate surface area is 109 Å². The molecule has 0 amide bonds. The van der Waals surface area contributed by atoms with Crippen molar-refractivity contribution in [2.45, 2.75) is 25.5 Å². The van der Waals surface area contributed by atoms with Gasteiger partial charge in [0.1, 0.15) is 5.75 Å². The van der Waals surface area contributed by atoms with E-state index < -0.39 is 5.60 Å². The number of aliphatic hydroxyl groups is 1. The van der Waals surface area contributed by atoms with Crippen molar-refractivity contribution in [1.82, 2.24) is 5.32 Å². The molecule has 0 radical (unpaired) electrons. The van der Waals surface area contributed by atoms with E-state index in [-0.39, 0.29) is 0 Å². The van der Waals surface area contributed by atoms with Crippen LogP contribution in [0.5, 0.6) is 5.75 Å². The van der Waals surface area contributed by atoms with Crippen LogP contribution in [-0.4, -0.2) is 43.5 Å². The lowest BCUT2D eigenvalue weighted by atomic mass is 10.1. The molecular formula is C14H22N2O2. The first-order valence-electron chi connectivity index (χ1n) is 6.35. The highest BCUT2D eigenvalue weighted by Crippen LogP contribution is 2.29. The molecule has 18 heavy (non-hydrogen) atoms. The van der Waals surface area contributed by atoms with Crippen LogP contribution in [0.15, 0.2) is 24.3 Å². The summed E-state index contributed by atoms with van der Waals surface area (Å²) in [5, 5.41) is 13.7. The Morgan fingerprint density at radius 3 is 2.89 bits per heavy atom. The number of anilines is 1. The van der Waals surface area contributed by atoms with Gasteiger partial charge in [-0.25, -0.2) is 0 Å². The molecule has 0 saturated carbocycles. The maximum atomic E-state index is 10.3. The fourth-order valence-corrected chi connectivity index (χ4v) is 2.40. The molecule has 0 bridgehead atoms. The third kappa shape index (κ3) is 2.94. The molecule has 1 saturated heterocycles. The van der Waals surface area contributed by atoms with Crippen molar-refractivity contribution < 1.29 is 9.84 Å². The molecule has 2 N–H and O–H groups in total. The summed E-state index contributed by atoms with van der Waals surface area (Å²) in [6.45, 7) is 6.06. The van der Waals surface area contributed by atoms with Crippen molar-refractivity contribution in [3.63, 3.8) is 0 Å². The van der Waals surface area contributed by atoms with Gasteiger partial charge in [0, 0.05) is 25.7 Å². The quantitative estimate of drug-likeness (QED) is 0.829. The summed E-state index contributed by atoms with van der Waals surface area (Å²) in [5.41, 5.74) is 0.307. The number of β-amino-alcohol motifs (C(OH)–C–C–N with tert-alkyl or cyclic N) is 1. The molecule has 100 valence electrons. The monoisotopic (exact) mass is 250 g/mol. The molecular weight excluding hydrogens is 228 g/mol. The second kappa shape index (κ2) is 5.16. The highest BCUT2D eigenvalue weighted by molar-refractivity contribution is 5.59. The molecule has 1 aliphatic heterocycles. The van der Waals surface area contributed by atoms with E-state index in [0.717, 1.165) is 18.0 Å². The van der Waals surface area contributed by atoms with E-state index in [4.69, 9.17) is 4.74 Å². The molecule has 1 heterocycles. The van der Waals surface area contributed by atoms with Crippen molar-refractivity contribution in [3.8, 4) is 5.75 Å². The first-order chi connectivity index (χ1) is 8.52. The van der Waals surface area contributed by atoms with Gasteiger partial charge < -0.3 is 20.1 Å². The number of nitrogens with zero attached hydrogens (tertiary/aromatic N) is 1. The number of methoxy groups -OCH3 is 1. The predicted molar refractivity (Wildman–Crippen MR) is 73.3 cm³/mol. The van der Waals surface area contributed by atoms with Crippen LogP contribution in [0.2, 0.25) is 0 Å². The van der Waals surface area contributed by atoms with Gasteiger partial charge in [0.05, 0.1) is 18.4 Å². The molecule has 2 rings (SSSR count). The Balaban J connectivity index is 2.29. The zero-order valence-electron chi connectivity index (χ0n) is 11.3. The predicted octanol–water partition coefficient (Wildman–Crippen LogP) is 1.24. The van der Waals surface area contributed by atoms with E-state index in [1.54, 1.807) is 7.11 Å². The van der Waals surface area contributed by atoms with Crippen LogP contribution in [0, 0.1) is 0 Å². The first-order valence-corrected chi connectivity index (χ1v) is 6.35. The first kappa shape index (κ1) is 13.2. The summed E-state index contributed by atoms with van der Waals surface area (Å²) in [6, 6.07) is 8.28. The standard InChI is InChI=1S/C14H22N2O2/c1-11-8-16(10-14(2,17)9-15-11)12-6-4-5-7-13(12)18-3/h4-7,11,15,17H,8-10H2,1-3H3. The van der Waals surface area contributed by atoms with Gasteiger partial charge in [-0.3, -0.25) is 0 Å². The average Bonchev–Trinajstić information content (AvgIpc) is 2.48. The van der Waals surface area contributed by atoms with E-state index in [2.05, 4.69) is 17.1 Å². The highest BCUT2D eigenvalue weighted by Gasteiger charge is 2.30. The summed E-state index contributed by atoms with van der Waals surface area (Å²) < 4.78 is 5.40. The Morgan fingerprint density at radius 1 is 1.44 bits per heavy atom. The Bertz CT molecular complexity index is 407. The largest absolute Gasteiger partial charge is 0.495 e. The van der Waals surface area contributed by atoms with Crippen LogP contribution in [-0.2, 0) is 0 Å². The normalized spacial score (nSPS) is 28.9. The molecule has 0 aliphatic carbocycles. The number of benzene rings is 1. The van der Waals surface area contributed by atoms with E-state index >= 15 is 0 Å². The topological polar surface area (TPSA) is 44.7 Å². The molecule has 1 aromatic rings. The van der Waals surface area contributed by atoms with Gasteiger partial charge in [-0.1, -0.05) is 12.1 Å². The van der Waals surface area contributed by atoms with Crippen LogP contribution in [0.3, 0.4) is 0 Å². The molecule has 4 nitrogen and oxygen atoms in total. The van der Waals surface area contributed by atoms with E-state index in [9.17, 15) is 5.11 Å². The van der Waals surface area contributed by atoms with Gasteiger partial charge in [-0.2, -0.15) is 0 Å². The van der Waals surface area contributed by atoms with E-state index in [1.807, 2.05) is 31.2 Å². The van der Waals surface area contributed by atoms with Crippen molar-refractivity contribution in [3.05, 3.63) is 24.3 Å². The van der Waals surface area contributed by atoms with Gasteiger partial charge in [0.2, 0.25) is 0 Å². The van der Waals surface area contributed by atoms with Crippen molar-refractivity contribution in [2.75, 3.05) is 31.6 Å². The molecule has 0 spiro atoms. The number of ether oxygens (including phenoxy) is 1. The minimum atomic E-state index is -0.731. The van der Waals surface area contributed by atoms with Crippen LogP contribution in [0.1, 0.15) is 13.8 Å². The van der Waals surface area contributed by atoms with Crippen LogP contribution < -0.4 is 15.0 Å². The number of rotatable bonds is 2. The Morgan fingerprint density at radius 2 is 2.17 bits per heavy atom. The van der Waals surface area contributed by atoms with Gasteiger partial charge in [-0.15, -0.1) is 0 Å². The maximum absolute atomic E-state index is 10.3. The number of hydrogen-bond donors (Lipinski definition) is 2. The SMILES string of the molecule is COc1ccccc1N1CC(C)NCC(C)(O)C1. The average molecular weight is 250 g/mol. The molecule has 1 aromatic carbocycles. The second-order valence-electron chi connectivity index (χ2n) is 5.33. The molecule has 4 heteroatoms. The zero-order valence-corrected chi connectivity index (χ0v) is 11.3. The summed E-state index contributed by atoms with van der Waals surface area (Å²) in [7, 11) is 1.68. The summed E-state index contributed by atoms with van der Waals surface area (Å²) in [5.74, 6) is 0.849. The summed E-state index contributed by atoms with van der Waals surface area (Å²) in [4.78, 5) is 2.18. The van der Waals surface area contributed by atoms with Crippen molar-refractivity contribution in [2.24, 2.45) is 0 Å². The van der Waals surface area contributed by atoms with Gasteiger partial charge in [0.15, 0.2) is 0 Å². The third-order valence-electron chi connectivity index (χ3n) is 3.28. The lowest BCUT2D eigenvalue weighted by Crippen LogP contribution is -2.43. The van der Waals surface area contributed by atoms with Crippen LogP contribution in [0.4, 0.5) is 5.69 Å². The maximum Gasteiger partial charge on any atom is 0.142 e. The van der Waals surface area contributed by atoms with Gasteiger partial charge >= 0.3 is 0 Å². The molecule has 1 aliphatic rings. The van der Waals surface area contributed by atoms with Crippen molar-refractivity contribution >= 4 is 5.69 Å². The molecule has 2 unspecified atom stereocenters. The molecule has 0 aromatic heterocycles. The van der Waals surface area contributed by atoms with Crippen molar-refractivity contribution in [1.29, 1.82) is 0 Å². The minimum absolute atomic E-state index is 0.337. The minimum Gasteiger partial charge on any atom is -0.495 e. The van der Waals surface area contributed by atoms with Crippen LogP contribution in [0.25, 0.3) is 0 Å². The molecule has 1 fully saturated rings. The highest BCUT2D eigenvalue weighted by atomic mass is 16.5. The Kier molecular flexibility index (Phi) is 3.78. The second-order valence-corrected chi connectivity index (χ2v) is 5.33. The molecule has 2 atom stereocenters. The zero-order chi connectivity index (χ0) is 13.2. The Hall–Kier alpha value is -1.26. The van der Waals surface area contributed by atoms with Gasteiger partial charge in [-0.05, 0) is 26.0 Å². The van der Waals surface area contributed by atoms with E-state index in [1.165, 1.54) is 0 Å². The number of nitrogens with one attached hydrogen (secondary N) is 1. The van der Waals surface area contributed by atoms with E-state index in [0.29, 0.717) is 19.1 Å². The smallest absolute Gasteiger partial charge is 0.142 e. The van der Waals surface area contributed by atoms with Gasteiger partial charge in [0.25, 0.3) is 0 Å². The summed E-state index contributed by atoms with van der Waals surface area (Å²) >= 11 is 0. The lowest BCUT2D eigenvalue weighted by Gasteiger charge is -2.30. The van der Waals surface area contributed by atoms with Crippen LogP contribution >= 0.6 is 0 Å². The lowest BCUT2D eigenvalue weighted by molar-refractivity contribution is 0.0717. The number of para-hydroxylation sites is 2. The fourth-order valence-electron chi connectivity index (χ4n) is 2.40. The summed E-state index contributed by atoms with van der Waals surface area (Å²) in [6.07, 6.45) is 0.